The van der Waals surface area contributed by atoms with Crippen molar-refractivity contribution in [2.24, 2.45) is 0 Å². The molecule has 0 aromatic heterocycles. The van der Waals surface area contributed by atoms with E-state index in [0.717, 1.165) is 5.75 Å². The summed E-state index contributed by atoms with van der Waals surface area (Å²) in [7, 11) is 1.70. The van der Waals surface area contributed by atoms with Crippen LogP contribution in [0, 0.1) is 18.3 Å². The summed E-state index contributed by atoms with van der Waals surface area (Å²) in [5.41, 5.74) is 1.18. The Kier molecular flexibility index (Phi) is 5.72. The van der Waals surface area contributed by atoms with Crippen molar-refractivity contribution in [2.45, 2.75) is 19.8 Å². The highest BCUT2D eigenvalue weighted by Gasteiger charge is 2.07. The molecule has 0 saturated heterocycles. The molecule has 0 spiro atoms. The van der Waals surface area contributed by atoms with Gasteiger partial charge in [0, 0.05) is 13.6 Å². The Balaban J connectivity index is 2.27. The van der Waals surface area contributed by atoms with Crippen molar-refractivity contribution in [3.05, 3.63) is 29.8 Å². The molecule has 1 rings (SSSR count). The van der Waals surface area contributed by atoms with Gasteiger partial charge in [0.25, 0.3) is 0 Å². The van der Waals surface area contributed by atoms with Gasteiger partial charge in [-0.25, -0.2) is 0 Å². The molecule has 0 bridgehead atoms. The minimum Gasteiger partial charge on any atom is -0.493 e. The fourth-order valence-electron chi connectivity index (χ4n) is 1.42. The smallest absolute Gasteiger partial charge is 0.225 e. The summed E-state index contributed by atoms with van der Waals surface area (Å²) >= 11 is 0. The highest BCUT2D eigenvalue weighted by atomic mass is 16.5. The second kappa shape index (κ2) is 7.33. The van der Waals surface area contributed by atoms with Crippen molar-refractivity contribution in [3.63, 3.8) is 0 Å². The molecule has 0 N–H and O–H groups in total. The Morgan fingerprint density at radius 1 is 1.39 bits per heavy atom. The molecule has 0 fully saturated rings. The molecule has 1 aromatic rings. The summed E-state index contributed by atoms with van der Waals surface area (Å²) in [6.07, 6.45) is 0.691. The zero-order chi connectivity index (χ0) is 13.4. The summed E-state index contributed by atoms with van der Waals surface area (Å²) in [6, 6.07) is 9.73. The van der Waals surface area contributed by atoms with Crippen LogP contribution in [0.3, 0.4) is 0 Å². The van der Waals surface area contributed by atoms with E-state index >= 15 is 0 Å². The van der Waals surface area contributed by atoms with E-state index in [1.165, 1.54) is 5.56 Å². The maximum atomic E-state index is 11.6. The fraction of sp³-hybridized carbons (Fsp3) is 0.429. The van der Waals surface area contributed by atoms with Crippen LogP contribution in [0.15, 0.2) is 24.3 Å². The summed E-state index contributed by atoms with van der Waals surface area (Å²) in [5, 5.41) is 8.43. The number of aryl methyl sites for hydroxylation is 1. The number of rotatable bonds is 6. The van der Waals surface area contributed by atoms with Crippen LogP contribution in [-0.4, -0.2) is 31.0 Å². The van der Waals surface area contributed by atoms with E-state index < -0.39 is 0 Å². The van der Waals surface area contributed by atoms with Crippen LogP contribution < -0.4 is 4.74 Å². The van der Waals surface area contributed by atoms with E-state index in [0.29, 0.717) is 26.0 Å². The molecule has 0 unspecified atom stereocenters. The molecule has 96 valence electrons. The SMILES string of the molecule is Cc1ccc(OCCC(=O)N(C)CCC#N)cc1. The van der Waals surface area contributed by atoms with Crippen LogP contribution >= 0.6 is 0 Å². The number of benzene rings is 1. The molecular weight excluding hydrogens is 228 g/mol. The summed E-state index contributed by atoms with van der Waals surface area (Å²) < 4.78 is 5.47. The average molecular weight is 246 g/mol. The first-order valence-electron chi connectivity index (χ1n) is 5.94. The van der Waals surface area contributed by atoms with Gasteiger partial charge in [0.05, 0.1) is 25.5 Å². The van der Waals surface area contributed by atoms with Crippen LogP contribution in [0.2, 0.25) is 0 Å². The maximum absolute atomic E-state index is 11.6. The van der Waals surface area contributed by atoms with Crippen molar-refractivity contribution in [2.75, 3.05) is 20.2 Å². The molecule has 0 atom stereocenters. The molecule has 1 amide bonds. The predicted molar refractivity (Wildman–Crippen MR) is 69.2 cm³/mol. The topological polar surface area (TPSA) is 53.3 Å². The molecule has 4 heteroatoms. The van der Waals surface area contributed by atoms with Gasteiger partial charge in [0.1, 0.15) is 5.75 Å². The van der Waals surface area contributed by atoms with Crippen LogP contribution in [0.1, 0.15) is 18.4 Å². The van der Waals surface area contributed by atoms with E-state index in [4.69, 9.17) is 10.00 Å². The van der Waals surface area contributed by atoms with Gasteiger partial charge in [-0.2, -0.15) is 5.26 Å². The molecule has 1 aromatic carbocycles. The Bertz CT molecular complexity index is 420. The molecule has 0 radical (unpaired) electrons. The monoisotopic (exact) mass is 246 g/mol. The van der Waals surface area contributed by atoms with Gasteiger partial charge in [-0.05, 0) is 19.1 Å². The van der Waals surface area contributed by atoms with E-state index in [-0.39, 0.29) is 5.91 Å². The summed E-state index contributed by atoms with van der Waals surface area (Å²) in [4.78, 5) is 13.2. The number of carbonyl (C=O) groups is 1. The standard InChI is InChI=1S/C14H18N2O2/c1-12-4-6-13(7-5-12)18-11-8-14(17)16(2)10-3-9-15/h4-7H,3,8,10-11H2,1-2H3. The summed E-state index contributed by atoms with van der Waals surface area (Å²) in [5.74, 6) is 0.769. The number of hydrogen-bond donors (Lipinski definition) is 0. The predicted octanol–water partition coefficient (Wildman–Crippen LogP) is 2.14. The van der Waals surface area contributed by atoms with Crippen LogP contribution in [-0.2, 0) is 4.79 Å². The van der Waals surface area contributed by atoms with Gasteiger partial charge in [-0.3, -0.25) is 4.79 Å². The van der Waals surface area contributed by atoms with Gasteiger partial charge in [0.15, 0.2) is 0 Å². The molecule has 4 nitrogen and oxygen atoms in total. The van der Waals surface area contributed by atoms with Gasteiger partial charge in [0.2, 0.25) is 5.91 Å². The van der Waals surface area contributed by atoms with Gasteiger partial charge in [-0.1, -0.05) is 17.7 Å². The van der Waals surface area contributed by atoms with Crippen LogP contribution in [0.25, 0.3) is 0 Å². The minimum absolute atomic E-state index is 0.00244. The first-order chi connectivity index (χ1) is 8.63. The van der Waals surface area contributed by atoms with Crippen molar-refractivity contribution in [1.29, 1.82) is 5.26 Å². The lowest BCUT2D eigenvalue weighted by molar-refractivity contribution is -0.130. The Hall–Kier alpha value is -2.02. The molecular formula is C14H18N2O2. The van der Waals surface area contributed by atoms with Crippen molar-refractivity contribution < 1.29 is 9.53 Å². The second-order valence-electron chi connectivity index (χ2n) is 4.13. The zero-order valence-electron chi connectivity index (χ0n) is 10.8. The molecule has 0 aliphatic heterocycles. The first-order valence-corrected chi connectivity index (χ1v) is 5.94. The van der Waals surface area contributed by atoms with Gasteiger partial charge >= 0.3 is 0 Å². The number of amides is 1. The molecule has 0 aliphatic rings. The van der Waals surface area contributed by atoms with E-state index in [2.05, 4.69) is 0 Å². The number of nitriles is 1. The minimum atomic E-state index is -0.00244. The average Bonchev–Trinajstić information content (AvgIpc) is 2.38. The number of hydrogen-bond acceptors (Lipinski definition) is 3. The fourth-order valence-corrected chi connectivity index (χ4v) is 1.42. The lowest BCUT2D eigenvalue weighted by atomic mass is 10.2. The van der Waals surface area contributed by atoms with Crippen molar-refractivity contribution >= 4 is 5.91 Å². The quantitative estimate of drug-likeness (QED) is 0.772. The third-order valence-corrected chi connectivity index (χ3v) is 2.59. The maximum Gasteiger partial charge on any atom is 0.225 e. The zero-order valence-corrected chi connectivity index (χ0v) is 10.8. The van der Waals surface area contributed by atoms with Crippen molar-refractivity contribution in [3.8, 4) is 11.8 Å². The third-order valence-electron chi connectivity index (χ3n) is 2.59. The molecule has 18 heavy (non-hydrogen) atoms. The third kappa shape index (κ3) is 4.88. The highest BCUT2D eigenvalue weighted by molar-refractivity contribution is 5.75. The number of nitrogens with zero attached hydrogens (tertiary/aromatic N) is 2. The van der Waals surface area contributed by atoms with E-state index in [1.807, 2.05) is 37.3 Å². The molecule has 0 saturated carbocycles. The van der Waals surface area contributed by atoms with E-state index in [1.54, 1.807) is 11.9 Å². The largest absolute Gasteiger partial charge is 0.493 e. The Morgan fingerprint density at radius 2 is 2.06 bits per heavy atom. The number of ether oxygens (including phenoxy) is 1. The van der Waals surface area contributed by atoms with E-state index in [9.17, 15) is 4.79 Å². The van der Waals surface area contributed by atoms with Gasteiger partial charge in [-0.15, -0.1) is 0 Å². The Labute approximate surface area is 108 Å². The van der Waals surface area contributed by atoms with Crippen molar-refractivity contribution in [1.82, 2.24) is 4.90 Å². The molecule has 0 heterocycles. The van der Waals surface area contributed by atoms with Gasteiger partial charge < -0.3 is 9.64 Å². The molecule has 0 aliphatic carbocycles. The Morgan fingerprint density at radius 3 is 2.67 bits per heavy atom. The first kappa shape index (κ1) is 14.0. The second-order valence-corrected chi connectivity index (χ2v) is 4.13. The normalized spacial score (nSPS) is 9.61. The summed E-state index contributed by atoms with van der Waals surface area (Å²) in [6.45, 7) is 2.84. The number of carbonyl (C=O) groups excluding carboxylic acids is 1. The van der Waals surface area contributed by atoms with Crippen LogP contribution in [0.4, 0.5) is 0 Å². The lowest BCUT2D eigenvalue weighted by Crippen LogP contribution is -2.28. The van der Waals surface area contributed by atoms with Crippen LogP contribution in [0.5, 0.6) is 5.75 Å². The lowest BCUT2D eigenvalue weighted by Gasteiger charge is -2.15. The highest BCUT2D eigenvalue weighted by Crippen LogP contribution is 2.11.